The van der Waals surface area contributed by atoms with Crippen molar-refractivity contribution in [1.29, 1.82) is 0 Å². The third-order valence-electron chi connectivity index (χ3n) is 5.29. The number of amides is 1. The zero-order valence-corrected chi connectivity index (χ0v) is 16.7. The first-order valence-electron chi connectivity index (χ1n) is 9.27. The van der Waals surface area contributed by atoms with E-state index in [-0.39, 0.29) is 23.6 Å². The minimum absolute atomic E-state index is 0.0113. The van der Waals surface area contributed by atoms with Crippen molar-refractivity contribution < 1.29 is 23.1 Å². The van der Waals surface area contributed by atoms with Gasteiger partial charge in [-0.25, -0.2) is 13.2 Å². The van der Waals surface area contributed by atoms with Gasteiger partial charge < -0.3 is 9.84 Å². The summed E-state index contributed by atoms with van der Waals surface area (Å²) in [6.07, 6.45) is 7.98. The number of rotatable bonds is 5. The number of ether oxygens (including phenoxy) is 1. The second-order valence-corrected chi connectivity index (χ2v) is 9.33. The monoisotopic (exact) mass is 415 g/mol. The van der Waals surface area contributed by atoms with Crippen LogP contribution in [-0.2, 0) is 16.4 Å². The number of fused-ring (bicyclic) bond motifs is 2. The van der Waals surface area contributed by atoms with Gasteiger partial charge in [0.05, 0.1) is 34.7 Å². The van der Waals surface area contributed by atoms with Crippen LogP contribution >= 0.6 is 0 Å². The summed E-state index contributed by atoms with van der Waals surface area (Å²) in [7, 11) is -3.23. The summed E-state index contributed by atoms with van der Waals surface area (Å²) in [5.74, 6) is 0.545. The van der Waals surface area contributed by atoms with Gasteiger partial charge in [-0.05, 0) is 49.1 Å². The molecule has 0 spiro atoms. The molecule has 3 heterocycles. The Hall–Kier alpha value is -2.94. The standard InChI is InChI=1S/C20H21N3O5S/c1-29(26,27)18-6-4-17(5-7-18)28-12-14-10-22-19(11-21-14)13-8-15-2-3-16(9-13)23(15)20(24)25/h4-8,10-11,15-16H,2-3,9,12H2,1H3,(H,24,25). The van der Waals surface area contributed by atoms with Gasteiger partial charge in [-0.3, -0.25) is 14.9 Å². The summed E-state index contributed by atoms with van der Waals surface area (Å²) in [5.41, 5.74) is 2.44. The molecule has 1 amide bonds. The lowest BCUT2D eigenvalue weighted by atomic mass is 9.99. The Kier molecular flexibility index (Phi) is 4.99. The molecule has 8 nitrogen and oxygen atoms in total. The van der Waals surface area contributed by atoms with Gasteiger partial charge in [0.15, 0.2) is 9.84 Å². The fourth-order valence-electron chi connectivity index (χ4n) is 3.85. The Bertz CT molecular complexity index is 1050. The maximum absolute atomic E-state index is 11.5. The van der Waals surface area contributed by atoms with Crippen molar-refractivity contribution in [1.82, 2.24) is 14.9 Å². The highest BCUT2D eigenvalue weighted by atomic mass is 32.2. The van der Waals surface area contributed by atoms with E-state index >= 15 is 0 Å². The van der Waals surface area contributed by atoms with Crippen LogP contribution in [0.1, 0.15) is 30.7 Å². The fraction of sp³-hybridized carbons (Fsp3) is 0.350. The molecule has 29 heavy (non-hydrogen) atoms. The van der Waals surface area contributed by atoms with E-state index in [0.717, 1.165) is 30.4 Å². The van der Waals surface area contributed by atoms with Crippen LogP contribution in [0.15, 0.2) is 47.6 Å². The van der Waals surface area contributed by atoms with Gasteiger partial charge in [0.2, 0.25) is 0 Å². The van der Waals surface area contributed by atoms with Crippen LogP contribution in [-0.4, -0.2) is 52.8 Å². The Labute approximate surface area is 168 Å². The normalized spacial score (nSPS) is 21.0. The van der Waals surface area contributed by atoms with E-state index in [0.29, 0.717) is 17.9 Å². The van der Waals surface area contributed by atoms with Crippen LogP contribution in [0.3, 0.4) is 0 Å². The highest BCUT2D eigenvalue weighted by Crippen LogP contribution is 2.37. The first-order valence-corrected chi connectivity index (χ1v) is 11.2. The lowest BCUT2D eigenvalue weighted by molar-refractivity contribution is 0.128. The van der Waals surface area contributed by atoms with Crippen molar-refractivity contribution in [2.24, 2.45) is 0 Å². The van der Waals surface area contributed by atoms with Crippen molar-refractivity contribution in [3.8, 4) is 5.75 Å². The molecule has 1 aromatic heterocycles. The summed E-state index contributed by atoms with van der Waals surface area (Å²) < 4.78 is 28.6. The predicted molar refractivity (Wildman–Crippen MR) is 105 cm³/mol. The Morgan fingerprint density at radius 1 is 1.21 bits per heavy atom. The summed E-state index contributed by atoms with van der Waals surface area (Å²) in [4.78, 5) is 22.0. The fourth-order valence-corrected chi connectivity index (χ4v) is 4.48. The molecule has 1 saturated heterocycles. The van der Waals surface area contributed by atoms with Gasteiger partial charge in [-0.1, -0.05) is 6.08 Å². The van der Waals surface area contributed by atoms with Crippen molar-refractivity contribution in [3.05, 3.63) is 54.1 Å². The second-order valence-electron chi connectivity index (χ2n) is 7.31. The molecular formula is C20H21N3O5S. The predicted octanol–water partition coefficient (Wildman–Crippen LogP) is 2.76. The van der Waals surface area contributed by atoms with Gasteiger partial charge in [0.25, 0.3) is 0 Å². The molecule has 9 heteroatoms. The topological polar surface area (TPSA) is 110 Å². The molecule has 2 aromatic rings. The lowest BCUT2D eigenvalue weighted by Crippen LogP contribution is -2.42. The van der Waals surface area contributed by atoms with E-state index in [4.69, 9.17) is 4.74 Å². The molecule has 4 rings (SSSR count). The number of sulfone groups is 1. The Morgan fingerprint density at radius 2 is 1.97 bits per heavy atom. The SMILES string of the molecule is CS(=O)(=O)c1ccc(OCc2cnc(C3=CC4CCC(C3)N4C(=O)O)cn2)cc1. The number of benzene rings is 1. The highest BCUT2D eigenvalue weighted by molar-refractivity contribution is 7.90. The van der Waals surface area contributed by atoms with Crippen LogP contribution in [0, 0.1) is 0 Å². The molecule has 2 aliphatic heterocycles. The van der Waals surface area contributed by atoms with Crippen LogP contribution in [0.2, 0.25) is 0 Å². The maximum Gasteiger partial charge on any atom is 0.408 e. The molecule has 1 N–H and O–H groups in total. The van der Waals surface area contributed by atoms with Crippen molar-refractivity contribution >= 4 is 21.5 Å². The van der Waals surface area contributed by atoms with Gasteiger partial charge >= 0.3 is 6.09 Å². The molecule has 0 saturated carbocycles. The van der Waals surface area contributed by atoms with Crippen molar-refractivity contribution in [2.45, 2.75) is 42.8 Å². The third-order valence-corrected chi connectivity index (χ3v) is 6.42. The number of hydrogen-bond donors (Lipinski definition) is 1. The van der Waals surface area contributed by atoms with Crippen LogP contribution in [0.5, 0.6) is 5.75 Å². The van der Waals surface area contributed by atoms with Gasteiger partial charge in [0, 0.05) is 12.3 Å². The molecule has 2 aliphatic rings. The summed E-state index contributed by atoms with van der Waals surface area (Å²) in [6.45, 7) is 0.211. The third kappa shape index (κ3) is 4.09. The molecule has 152 valence electrons. The van der Waals surface area contributed by atoms with Crippen LogP contribution in [0.25, 0.3) is 5.57 Å². The first-order chi connectivity index (χ1) is 13.8. The summed E-state index contributed by atoms with van der Waals surface area (Å²) >= 11 is 0. The van der Waals surface area contributed by atoms with Crippen molar-refractivity contribution in [3.63, 3.8) is 0 Å². The number of carbonyl (C=O) groups is 1. The second kappa shape index (κ2) is 7.47. The first kappa shape index (κ1) is 19.4. The molecule has 0 aliphatic carbocycles. The average Bonchev–Trinajstić information content (AvgIpc) is 2.97. The van der Waals surface area contributed by atoms with E-state index in [1.54, 1.807) is 24.5 Å². The van der Waals surface area contributed by atoms with E-state index in [2.05, 4.69) is 9.97 Å². The van der Waals surface area contributed by atoms with Crippen molar-refractivity contribution in [2.75, 3.05) is 6.26 Å². The average molecular weight is 415 g/mol. The zero-order valence-electron chi connectivity index (χ0n) is 15.9. The number of nitrogens with zero attached hydrogens (tertiary/aromatic N) is 3. The van der Waals surface area contributed by atoms with Gasteiger partial charge in [-0.2, -0.15) is 0 Å². The number of aromatic nitrogens is 2. The van der Waals surface area contributed by atoms with E-state index in [9.17, 15) is 18.3 Å². The lowest BCUT2D eigenvalue weighted by Gasteiger charge is -2.31. The molecule has 1 fully saturated rings. The van der Waals surface area contributed by atoms with E-state index in [1.165, 1.54) is 17.0 Å². The molecule has 2 bridgehead atoms. The van der Waals surface area contributed by atoms with Crippen LogP contribution < -0.4 is 4.74 Å². The molecule has 1 aromatic carbocycles. The van der Waals surface area contributed by atoms with Gasteiger partial charge in [-0.15, -0.1) is 0 Å². The molecular weight excluding hydrogens is 394 g/mol. The minimum Gasteiger partial charge on any atom is -0.487 e. The summed E-state index contributed by atoms with van der Waals surface area (Å²) in [5, 5.41) is 9.35. The Morgan fingerprint density at radius 3 is 2.55 bits per heavy atom. The van der Waals surface area contributed by atoms with E-state index in [1.807, 2.05) is 6.08 Å². The highest BCUT2D eigenvalue weighted by Gasteiger charge is 2.39. The van der Waals surface area contributed by atoms with Gasteiger partial charge in [0.1, 0.15) is 12.4 Å². The quantitative estimate of drug-likeness (QED) is 0.799. The van der Waals surface area contributed by atoms with Crippen LogP contribution in [0.4, 0.5) is 4.79 Å². The maximum atomic E-state index is 11.5. The largest absolute Gasteiger partial charge is 0.487 e. The smallest absolute Gasteiger partial charge is 0.408 e. The molecule has 0 radical (unpaired) electrons. The molecule has 2 unspecified atom stereocenters. The van der Waals surface area contributed by atoms with E-state index < -0.39 is 15.9 Å². The zero-order chi connectivity index (χ0) is 20.6. The molecule has 2 atom stereocenters. The Balaban J connectivity index is 1.40. The summed E-state index contributed by atoms with van der Waals surface area (Å²) in [6, 6.07) is 6.15. The minimum atomic E-state index is -3.23. The number of hydrogen-bond acceptors (Lipinski definition) is 6. The number of carboxylic acid groups (broad SMARTS) is 1.